The predicted octanol–water partition coefficient (Wildman–Crippen LogP) is 5.49. The number of hydrogen-bond acceptors (Lipinski definition) is 7. The third-order valence-electron chi connectivity index (χ3n) is 6.68. The largest absolute Gasteiger partial charge is 0.494 e. The van der Waals surface area contributed by atoms with Crippen molar-refractivity contribution >= 4 is 28.7 Å². The summed E-state index contributed by atoms with van der Waals surface area (Å²) in [7, 11) is 0. The van der Waals surface area contributed by atoms with E-state index in [4.69, 9.17) is 31.2 Å². The van der Waals surface area contributed by atoms with Gasteiger partial charge in [-0.25, -0.2) is 9.97 Å². The molecule has 9 nitrogen and oxygen atoms in total. The first-order valence-corrected chi connectivity index (χ1v) is 12.7. The lowest BCUT2D eigenvalue weighted by Gasteiger charge is -2.13. The van der Waals surface area contributed by atoms with Gasteiger partial charge < -0.3 is 19.1 Å². The Bertz CT molecular complexity index is 1560. The van der Waals surface area contributed by atoms with Crippen LogP contribution in [0.15, 0.2) is 48.8 Å². The van der Waals surface area contributed by atoms with E-state index in [2.05, 4.69) is 16.0 Å². The van der Waals surface area contributed by atoms with Gasteiger partial charge in [0.2, 0.25) is 5.88 Å². The molecule has 10 heteroatoms. The van der Waals surface area contributed by atoms with E-state index < -0.39 is 11.9 Å². The molecule has 1 N–H and O–H groups in total. The molecule has 0 unspecified atom stereocenters. The Kier molecular flexibility index (Phi) is 6.91. The molecule has 194 valence electrons. The molecular weight excluding hydrogens is 506 g/mol. The maximum absolute atomic E-state index is 11.1. The zero-order valence-corrected chi connectivity index (χ0v) is 21.8. The fourth-order valence-electron chi connectivity index (χ4n) is 4.04. The number of rotatable bonds is 10. The Morgan fingerprint density at radius 1 is 1.26 bits per heavy atom. The summed E-state index contributed by atoms with van der Waals surface area (Å²) < 4.78 is 13.8. The van der Waals surface area contributed by atoms with Crippen molar-refractivity contribution in [3.8, 4) is 29.1 Å². The molecule has 1 saturated carbocycles. The molecule has 1 aliphatic carbocycles. The summed E-state index contributed by atoms with van der Waals surface area (Å²) in [5, 5.41) is 19.1. The number of halogens is 1. The first-order chi connectivity index (χ1) is 18.3. The van der Waals surface area contributed by atoms with Crippen molar-refractivity contribution in [3.05, 3.63) is 64.9 Å². The van der Waals surface area contributed by atoms with Gasteiger partial charge in [0.1, 0.15) is 23.5 Å². The highest BCUT2D eigenvalue weighted by atomic mass is 35.5. The summed E-state index contributed by atoms with van der Waals surface area (Å²) in [6, 6.07) is 14.9. The minimum Gasteiger partial charge on any atom is -0.494 e. The van der Waals surface area contributed by atoms with Gasteiger partial charge in [-0.3, -0.25) is 4.79 Å². The molecule has 0 bridgehead atoms. The molecule has 0 spiro atoms. The van der Waals surface area contributed by atoms with Crippen molar-refractivity contribution in [1.29, 1.82) is 5.26 Å². The minimum atomic E-state index is -0.860. The molecule has 4 aromatic rings. The molecule has 1 aliphatic rings. The molecule has 0 saturated heterocycles. The van der Waals surface area contributed by atoms with Crippen molar-refractivity contribution in [2.45, 2.75) is 45.3 Å². The number of carbonyl (C=O) groups is 1. The zero-order chi connectivity index (χ0) is 26.9. The number of aliphatic carboxylic acids is 1. The quantitative estimate of drug-likeness (QED) is 0.285. The van der Waals surface area contributed by atoms with E-state index in [-0.39, 0.29) is 12.2 Å². The number of benzene rings is 2. The topological polar surface area (TPSA) is 123 Å². The first kappa shape index (κ1) is 25.5. The Hall–Kier alpha value is -4.16. The summed E-state index contributed by atoms with van der Waals surface area (Å²) in [6.07, 6.45) is 3.72. The second-order valence-electron chi connectivity index (χ2n) is 9.71. The number of nitriles is 1. The van der Waals surface area contributed by atoms with Gasteiger partial charge >= 0.3 is 5.97 Å². The van der Waals surface area contributed by atoms with E-state index in [0.29, 0.717) is 57.7 Å². The van der Waals surface area contributed by atoms with E-state index in [1.54, 1.807) is 25.1 Å². The highest BCUT2D eigenvalue weighted by Gasteiger charge is 2.41. The molecule has 5 rings (SSSR count). The SMILES string of the molecule is C[C@H](CCOc1ccc(-c2nc3c(OC4(C)CC4)ncnc3n2Cc2ccccc2C#N)c(Cl)c1)C(=O)O. The van der Waals surface area contributed by atoms with Gasteiger partial charge in [-0.1, -0.05) is 36.7 Å². The average molecular weight is 532 g/mol. The third-order valence-corrected chi connectivity index (χ3v) is 7.00. The average Bonchev–Trinajstić information content (AvgIpc) is 3.52. The number of carboxylic acids is 1. The van der Waals surface area contributed by atoms with Crippen molar-refractivity contribution in [2.24, 2.45) is 5.92 Å². The number of imidazole rings is 1. The van der Waals surface area contributed by atoms with Gasteiger partial charge in [-0.05, 0) is 56.0 Å². The van der Waals surface area contributed by atoms with E-state index in [1.165, 1.54) is 6.33 Å². The standard InChI is InChI=1S/C28H26ClN5O4/c1-17(27(35)36)9-12-37-20-7-8-21(22(29)13-20)24-33-23-25(31-16-32-26(23)38-28(2)10-11-28)34(24)15-19-6-4-3-5-18(19)14-30/h3-8,13,16-17H,9-12,15H2,1-2H3,(H,35,36)/t17-/m1/s1. The van der Waals surface area contributed by atoms with Gasteiger partial charge in [0.05, 0.1) is 35.7 Å². The number of nitrogens with zero attached hydrogens (tertiary/aromatic N) is 5. The van der Waals surface area contributed by atoms with Crippen LogP contribution >= 0.6 is 11.6 Å². The van der Waals surface area contributed by atoms with Crippen molar-refractivity contribution < 1.29 is 19.4 Å². The van der Waals surface area contributed by atoms with Gasteiger partial charge in [0.15, 0.2) is 11.2 Å². The molecule has 2 aromatic carbocycles. The van der Waals surface area contributed by atoms with Crippen LogP contribution in [0.1, 0.15) is 44.2 Å². The van der Waals surface area contributed by atoms with Crippen LogP contribution in [0.4, 0.5) is 0 Å². The van der Waals surface area contributed by atoms with Crippen LogP contribution in [0, 0.1) is 17.2 Å². The van der Waals surface area contributed by atoms with Crippen molar-refractivity contribution in [1.82, 2.24) is 19.5 Å². The summed E-state index contributed by atoms with van der Waals surface area (Å²) >= 11 is 6.73. The fraction of sp³-hybridized carbons (Fsp3) is 0.321. The van der Waals surface area contributed by atoms with Crippen LogP contribution < -0.4 is 9.47 Å². The van der Waals surface area contributed by atoms with Crippen LogP contribution in [0.5, 0.6) is 11.6 Å². The monoisotopic (exact) mass is 531 g/mol. The van der Waals surface area contributed by atoms with Gasteiger partial charge in [0, 0.05) is 5.56 Å². The maximum Gasteiger partial charge on any atom is 0.306 e. The van der Waals surface area contributed by atoms with E-state index in [1.807, 2.05) is 35.8 Å². The van der Waals surface area contributed by atoms with Gasteiger partial charge in [-0.2, -0.15) is 10.2 Å². The Morgan fingerprint density at radius 2 is 2.05 bits per heavy atom. The summed E-state index contributed by atoms with van der Waals surface area (Å²) in [6.45, 7) is 4.27. The molecular formula is C28H26ClN5O4. The molecule has 1 fully saturated rings. The molecule has 1 atom stereocenters. The number of hydrogen-bond donors (Lipinski definition) is 1. The predicted molar refractivity (Wildman–Crippen MR) is 141 cm³/mol. The summed E-state index contributed by atoms with van der Waals surface area (Å²) in [5.41, 5.74) is 2.85. The van der Waals surface area contributed by atoms with E-state index in [9.17, 15) is 10.1 Å². The zero-order valence-electron chi connectivity index (χ0n) is 21.0. The van der Waals surface area contributed by atoms with Crippen LogP contribution in [-0.2, 0) is 11.3 Å². The lowest BCUT2D eigenvalue weighted by molar-refractivity contribution is -0.141. The smallest absolute Gasteiger partial charge is 0.306 e. The van der Waals surface area contributed by atoms with Gasteiger partial charge in [-0.15, -0.1) is 0 Å². The van der Waals surface area contributed by atoms with E-state index >= 15 is 0 Å². The molecule has 0 radical (unpaired) electrons. The Morgan fingerprint density at radius 3 is 2.76 bits per heavy atom. The molecule has 38 heavy (non-hydrogen) atoms. The van der Waals surface area contributed by atoms with Gasteiger partial charge in [0.25, 0.3) is 0 Å². The summed E-state index contributed by atoms with van der Waals surface area (Å²) in [4.78, 5) is 24.8. The second-order valence-corrected chi connectivity index (χ2v) is 10.1. The highest BCUT2D eigenvalue weighted by Crippen LogP contribution is 2.41. The first-order valence-electron chi connectivity index (χ1n) is 12.3. The highest BCUT2D eigenvalue weighted by molar-refractivity contribution is 6.33. The molecule has 2 heterocycles. The minimum absolute atomic E-state index is 0.252. The van der Waals surface area contributed by atoms with E-state index in [0.717, 1.165) is 18.4 Å². The summed E-state index contributed by atoms with van der Waals surface area (Å²) in [5.74, 6) is 0.124. The molecule has 0 aliphatic heterocycles. The van der Waals surface area contributed by atoms with Crippen LogP contribution in [-0.4, -0.2) is 42.8 Å². The fourth-order valence-corrected chi connectivity index (χ4v) is 4.29. The Balaban J connectivity index is 1.54. The maximum atomic E-state index is 11.1. The van der Waals surface area contributed by atoms with Crippen molar-refractivity contribution in [2.75, 3.05) is 6.61 Å². The molecule has 0 amide bonds. The number of aromatic nitrogens is 4. The number of ether oxygens (including phenoxy) is 2. The van der Waals surface area contributed by atoms with Crippen LogP contribution in [0.25, 0.3) is 22.6 Å². The second kappa shape index (κ2) is 10.3. The van der Waals surface area contributed by atoms with Crippen LogP contribution in [0.3, 0.4) is 0 Å². The number of carboxylic acid groups (broad SMARTS) is 1. The normalized spacial score (nSPS) is 14.6. The third kappa shape index (κ3) is 5.27. The van der Waals surface area contributed by atoms with Crippen molar-refractivity contribution in [3.63, 3.8) is 0 Å². The van der Waals surface area contributed by atoms with Crippen LogP contribution in [0.2, 0.25) is 5.02 Å². The lowest BCUT2D eigenvalue weighted by Crippen LogP contribution is -2.13. The lowest BCUT2D eigenvalue weighted by atomic mass is 10.1. The molecule has 2 aromatic heterocycles. The number of fused-ring (bicyclic) bond motifs is 1. The Labute approximate surface area is 224 Å².